The number of aliphatic hydroxyl groups excluding tert-OH is 1. The predicted molar refractivity (Wildman–Crippen MR) is 212 cm³/mol. The summed E-state index contributed by atoms with van der Waals surface area (Å²) >= 11 is 0. The van der Waals surface area contributed by atoms with Gasteiger partial charge >= 0.3 is 5.69 Å². The molecule has 2 aliphatic heterocycles. The molecule has 1 fully saturated rings. The number of hydrogen-bond donors (Lipinski definition) is 4. The van der Waals surface area contributed by atoms with Gasteiger partial charge in [0.25, 0.3) is 34.9 Å². The Morgan fingerprint density at radius 1 is 1.02 bits per heavy atom. The quantitative estimate of drug-likeness (QED) is 0.0447. The van der Waals surface area contributed by atoms with Crippen LogP contribution in [-0.2, 0) is 31.6 Å². The highest BCUT2D eigenvalue weighted by Crippen LogP contribution is 2.61. The summed E-state index contributed by atoms with van der Waals surface area (Å²) in [5.41, 5.74) is -0.0424. The summed E-state index contributed by atoms with van der Waals surface area (Å²) in [6.07, 6.45) is -3.96. The minimum Gasteiger partial charge on any atom is -0.756 e. The summed E-state index contributed by atoms with van der Waals surface area (Å²) in [7, 11) is -10.5. The molecule has 6 rings (SSSR count). The van der Waals surface area contributed by atoms with Gasteiger partial charge in [0.2, 0.25) is 5.36 Å². The lowest BCUT2D eigenvalue weighted by molar-refractivity contribution is -0.255. The molecule has 1 aliphatic carbocycles. The number of ether oxygens (including phenoxy) is 1. The molecular formula is C37H35N5O18P3-3. The van der Waals surface area contributed by atoms with Gasteiger partial charge in [0.15, 0.2) is 6.23 Å². The Kier molecular flexibility index (Phi) is 13.6. The van der Waals surface area contributed by atoms with Crippen molar-refractivity contribution in [2.24, 2.45) is 0 Å². The number of phosphoric ester groups is 1. The van der Waals surface area contributed by atoms with E-state index in [2.05, 4.69) is 30.3 Å². The van der Waals surface area contributed by atoms with Gasteiger partial charge in [-0.15, -0.1) is 0 Å². The summed E-state index contributed by atoms with van der Waals surface area (Å²) < 4.78 is 59.5. The van der Waals surface area contributed by atoms with Gasteiger partial charge in [0, 0.05) is 72.2 Å². The van der Waals surface area contributed by atoms with Crippen LogP contribution in [-0.4, -0.2) is 85.0 Å². The summed E-state index contributed by atoms with van der Waals surface area (Å²) in [5.74, 6) is 3.18. The van der Waals surface area contributed by atoms with Crippen molar-refractivity contribution in [1.29, 1.82) is 0 Å². The molecule has 6 unspecified atom stereocenters. The lowest BCUT2D eigenvalue weighted by Gasteiger charge is -2.32. The van der Waals surface area contributed by atoms with E-state index in [0.29, 0.717) is 32.4 Å². The summed E-state index contributed by atoms with van der Waals surface area (Å²) in [5, 5.41) is 27.2. The number of aromatic amines is 1. The molecule has 0 bridgehead atoms. The SMILES string of the molecule is CN(C)c1ccc2c(-c3ccc(C(=O)NCC#Cc4cn(C5OC(COP(=O)([O-])OP(=O)([O-])OP(=O)([O-])O)CC5O)c(=O)[nH]c4=O)cc3C(=O)[O-])c3ccc(=[N+](C)C)cc-3oc2c1. The molecule has 23 nitrogen and oxygen atoms in total. The van der Waals surface area contributed by atoms with Crippen LogP contribution < -0.4 is 51.2 Å². The standard InChI is InChI=1S/C37H38N5O18P3/c1-40(2)22-8-11-26-30(15-22)58-31-16-23(41(3)4)9-12-27(31)32(26)25-10-7-20(14-28(25)36(46)47)33(44)38-13-5-6-21-18-42(37(48)39-34(21)45)35-29(43)17-24(57-35)19-56-62(52,53)60-63(54,55)59-61(49,50)51/h7-12,14-16,18,24,29,35,43H,13,17,19H2,1-4H3,(H6-,38,39,44,45,46,47,48,49,50,51,52,53,54,55)/p-3. The summed E-state index contributed by atoms with van der Waals surface area (Å²) in [6.45, 7) is -1.41. The maximum atomic E-state index is 13.3. The number of carboxylic acid groups (broad SMARTS) is 1. The molecule has 3 aliphatic rings. The van der Waals surface area contributed by atoms with Crippen LogP contribution in [0.4, 0.5) is 5.69 Å². The Morgan fingerprint density at radius 3 is 2.40 bits per heavy atom. The number of carboxylic acids is 1. The fraction of sp³-hybridized carbons (Fsp3) is 0.270. The van der Waals surface area contributed by atoms with E-state index in [4.69, 9.17) is 14.0 Å². The highest BCUT2D eigenvalue weighted by molar-refractivity contribution is 7.65. The Bertz CT molecular complexity index is 3010. The molecule has 0 spiro atoms. The number of hydrogen-bond acceptors (Lipinski definition) is 18. The second-order valence-corrected chi connectivity index (χ2v) is 18.4. The number of nitrogens with one attached hydrogen (secondary N) is 2. The van der Waals surface area contributed by atoms with Crippen molar-refractivity contribution in [3.05, 3.63) is 104 Å². The largest absolute Gasteiger partial charge is 0.756 e. The van der Waals surface area contributed by atoms with E-state index in [1.165, 1.54) is 12.1 Å². The number of H-pyrrole nitrogens is 1. The molecule has 4 N–H and O–H groups in total. The monoisotopic (exact) mass is 930 g/mol. The van der Waals surface area contributed by atoms with Crippen LogP contribution in [0.5, 0.6) is 0 Å². The van der Waals surface area contributed by atoms with Crippen LogP contribution in [0, 0.1) is 11.8 Å². The van der Waals surface area contributed by atoms with Crippen LogP contribution in [0.25, 0.3) is 33.4 Å². The van der Waals surface area contributed by atoms with Crippen LogP contribution in [0.3, 0.4) is 0 Å². The zero-order valence-electron chi connectivity index (χ0n) is 33.2. The van der Waals surface area contributed by atoms with Gasteiger partial charge < -0.3 is 58.5 Å². The number of nitrogens with zero attached hydrogens (tertiary/aromatic N) is 3. The van der Waals surface area contributed by atoms with Crippen LogP contribution >= 0.6 is 23.5 Å². The Labute approximate surface area is 355 Å². The summed E-state index contributed by atoms with van der Waals surface area (Å²) in [4.78, 5) is 97.5. The third kappa shape index (κ3) is 11.2. The maximum absolute atomic E-state index is 13.3. The Hall–Kier alpha value is -5.56. The van der Waals surface area contributed by atoms with Crippen molar-refractivity contribution >= 4 is 52.0 Å². The smallest absolute Gasteiger partial charge is 0.330 e. The average Bonchev–Trinajstić information content (AvgIpc) is 3.55. The first-order chi connectivity index (χ1) is 29.4. The molecule has 3 aromatic rings. The number of carbonyl (C=O) groups is 2. The molecule has 334 valence electrons. The normalized spacial score (nSPS) is 19.0. The second kappa shape index (κ2) is 18.3. The molecule has 2 aromatic carbocycles. The minimum atomic E-state index is -6.17. The lowest BCUT2D eigenvalue weighted by atomic mass is 9.89. The van der Waals surface area contributed by atoms with E-state index in [-0.39, 0.29) is 28.8 Å². The average molecular weight is 931 g/mol. The van der Waals surface area contributed by atoms with Gasteiger partial charge in [-0.3, -0.25) is 32.8 Å². The number of carbonyl (C=O) groups excluding carboxylic acids is 2. The molecule has 6 atom stereocenters. The highest BCUT2D eigenvalue weighted by atomic mass is 31.3. The van der Waals surface area contributed by atoms with Gasteiger partial charge in [-0.2, -0.15) is 0 Å². The fourth-order valence-electron chi connectivity index (χ4n) is 6.47. The number of aliphatic hydroxyl groups is 1. The number of aromatic nitrogens is 2. The Balaban J connectivity index is 1.18. The zero-order chi connectivity index (χ0) is 46.2. The van der Waals surface area contributed by atoms with E-state index < -0.39 is 78.1 Å². The van der Waals surface area contributed by atoms with Crippen molar-refractivity contribution < 1.29 is 75.4 Å². The molecule has 1 saturated heterocycles. The molecule has 26 heteroatoms. The molecular weight excluding hydrogens is 895 g/mol. The topological polar surface area (TPSA) is 341 Å². The van der Waals surface area contributed by atoms with Crippen LogP contribution in [0.15, 0.2) is 74.8 Å². The number of phosphoric acid groups is 3. The van der Waals surface area contributed by atoms with Crippen molar-refractivity contribution in [3.8, 4) is 34.3 Å². The maximum Gasteiger partial charge on any atom is 0.330 e. The first-order valence-electron chi connectivity index (χ1n) is 18.1. The number of aromatic carboxylic acids is 1. The first-order valence-corrected chi connectivity index (χ1v) is 22.6. The fourth-order valence-corrected chi connectivity index (χ4v) is 9.38. The Morgan fingerprint density at radius 2 is 1.73 bits per heavy atom. The number of rotatable bonds is 13. The highest BCUT2D eigenvalue weighted by Gasteiger charge is 2.37. The minimum absolute atomic E-state index is 0.0650. The molecule has 63 heavy (non-hydrogen) atoms. The predicted octanol–water partition coefficient (Wildman–Crippen LogP) is -1.61. The van der Waals surface area contributed by atoms with E-state index in [0.717, 1.165) is 23.3 Å². The molecule has 1 amide bonds. The van der Waals surface area contributed by atoms with E-state index >= 15 is 0 Å². The van der Waals surface area contributed by atoms with E-state index in [1.54, 1.807) is 0 Å². The van der Waals surface area contributed by atoms with Gasteiger partial charge in [-0.25, -0.2) is 18.0 Å². The van der Waals surface area contributed by atoms with Crippen molar-refractivity contribution in [3.63, 3.8) is 0 Å². The van der Waals surface area contributed by atoms with Crippen molar-refractivity contribution in [2.45, 2.75) is 24.9 Å². The third-order valence-electron chi connectivity index (χ3n) is 9.28. The van der Waals surface area contributed by atoms with Gasteiger partial charge in [-0.1, -0.05) is 17.9 Å². The van der Waals surface area contributed by atoms with Crippen LogP contribution in [0.2, 0.25) is 0 Å². The molecule has 1 aromatic heterocycles. The molecule has 3 heterocycles. The van der Waals surface area contributed by atoms with E-state index in [1.807, 2.05) is 79.0 Å². The molecule has 0 radical (unpaired) electrons. The van der Waals surface area contributed by atoms with E-state index in [9.17, 15) is 57.8 Å². The zero-order valence-corrected chi connectivity index (χ0v) is 35.9. The van der Waals surface area contributed by atoms with Crippen molar-refractivity contribution in [1.82, 2.24) is 19.4 Å². The number of anilines is 1. The number of benzene rings is 3. The number of fused-ring (bicyclic) bond motifs is 2. The summed E-state index contributed by atoms with van der Waals surface area (Å²) in [6, 6.07) is 15.1. The van der Waals surface area contributed by atoms with Gasteiger partial charge in [0.1, 0.15) is 37.1 Å². The van der Waals surface area contributed by atoms with Crippen molar-refractivity contribution in [2.75, 3.05) is 46.2 Å². The third-order valence-corrected chi connectivity index (χ3v) is 13.0. The van der Waals surface area contributed by atoms with Gasteiger partial charge in [-0.05, 0) is 35.9 Å². The first kappa shape index (κ1) is 46.9. The van der Waals surface area contributed by atoms with Crippen LogP contribution in [0.1, 0.15) is 38.9 Å². The second-order valence-electron chi connectivity index (χ2n) is 14.1. The molecule has 0 saturated carbocycles. The number of amides is 1. The van der Waals surface area contributed by atoms with Gasteiger partial charge in [0.05, 0.1) is 31.3 Å². The lowest BCUT2D eigenvalue weighted by Crippen LogP contribution is -2.36.